The predicted octanol–water partition coefficient (Wildman–Crippen LogP) is 1.42. The smallest absolute Gasteiger partial charge is 0.194 e. The fraction of sp³-hybridized carbons (Fsp3) is 0.300. The summed E-state index contributed by atoms with van der Waals surface area (Å²) in [6.45, 7) is 0.437. The Hall–Kier alpha value is -1.42. The second-order valence-electron chi connectivity index (χ2n) is 3.04. The number of hydrogen-bond acceptors (Lipinski definition) is 3. The molecule has 0 N–H and O–H groups in total. The zero-order valence-electron chi connectivity index (χ0n) is 7.62. The molecule has 1 aromatic rings. The summed E-state index contributed by atoms with van der Waals surface area (Å²) in [5.41, 5.74) is 0.325. The maximum absolute atomic E-state index is 13.2. The molecule has 1 saturated heterocycles. The van der Waals surface area contributed by atoms with Crippen molar-refractivity contribution in [2.24, 2.45) is 0 Å². The molecule has 0 bridgehead atoms. The third-order valence-corrected chi connectivity index (χ3v) is 2.06. The van der Waals surface area contributed by atoms with E-state index in [0.717, 1.165) is 0 Å². The van der Waals surface area contributed by atoms with Crippen LogP contribution in [0.4, 0.5) is 4.39 Å². The molecule has 1 aliphatic rings. The highest BCUT2D eigenvalue weighted by Gasteiger charge is 2.32. The lowest BCUT2D eigenvalue weighted by atomic mass is 10.1. The van der Waals surface area contributed by atoms with Crippen molar-refractivity contribution in [2.45, 2.75) is 6.10 Å². The van der Waals surface area contributed by atoms with Crippen molar-refractivity contribution in [3.8, 4) is 5.75 Å². The second-order valence-corrected chi connectivity index (χ2v) is 3.04. The Morgan fingerprint density at radius 2 is 2.36 bits per heavy atom. The van der Waals surface area contributed by atoms with Crippen molar-refractivity contribution in [3.63, 3.8) is 0 Å². The molecule has 0 radical (unpaired) electrons. The van der Waals surface area contributed by atoms with E-state index in [1.807, 2.05) is 0 Å². The molecule has 0 aromatic heterocycles. The average Bonchev–Trinajstić information content (AvgIpc) is 3.00. The molecule has 0 amide bonds. The lowest BCUT2D eigenvalue weighted by Gasteiger charge is -2.02. The van der Waals surface area contributed by atoms with E-state index in [1.54, 1.807) is 0 Å². The van der Waals surface area contributed by atoms with Crippen LogP contribution in [0.2, 0.25) is 0 Å². The summed E-state index contributed by atoms with van der Waals surface area (Å²) in [6.07, 6.45) is -0.372. The molecule has 3 nitrogen and oxygen atoms in total. The number of ketones is 1. The molecular weight excluding hydrogens is 187 g/mol. The summed E-state index contributed by atoms with van der Waals surface area (Å²) in [5, 5.41) is 0. The first kappa shape index (κ1) is 9.15. The number of rotatable bonds is 3. The van der Waals surface area contributed by atoms with E-state index >= 15 is 0 Å². The van der Waals surface area contributed by atoms with E-state index in [4.69, 9.17) is 9.47 Å². The number of ether oxygens (including phenoxy) is 2. The van der Waals surface area contributed by atoms with Gasteiger partial charge in [-0.25, -0.2) is 4.39 Å². The van der Waals surface area contributed by atoms with Crippen molar-refractivity contribution in [2.75, 3.05) is 13.7 Å². The summed E-state index contributed by atoms with van der Waals surface area (Å²) in [6, 6.07) is 4.14. The van der Waals surface area contributed by atoms with E-state index in [-0.39, 0.29) is 17.6 Å². The van der Waals surface area contributed by atoms with Crippen molar-refractivity contribution in [1.82, 2.24) is 0 Å². The lowest BCUT2D eigenvalue weighted by Crippen LogP contribution is -2.07. The van der Waals surface area contributed by atoms with E-state index in [1.165, 1.54) is 25.3 Å². The predicted molar refractivity (Wildman–Crippen MR) is 47.0 cm³/mol. The van der Waals surface area contributed by atoms with Gasteiger partial charge in [-0.2, -0.15) is 0 Å². The van der Waals surface area contributed by atoms with Gasteiger partial charge in [-0.15, -0.1) is 0 Å². The number of halogens is 1. The molecule has 0 saturated carbocycles. The highest BCUT2D eigenvalue weighted by atomic mass is 19.1. The maximum atomic E-state index is 13.2. The lowest BCUT2D eigenvalue weighted by molar-refractivity contribution is 0.0953. The van der Waals surface area contributed by atoms with Crippen molar-refractivity contribution in [3.05, 3.63) is 29.6 Å². The zero-order valence-corrected chi connectivity index (χ0v) is 7.62. The van der Waals surface area contributed by atoms with E-state index in [2.05, 4.69) is 0 Å². The number of Topliss-reactive ketones (excluding diaryl/α,β-unsaturated/α-hetero) is 1. The molecule has 1 unspecified atom stereocenters. The molecule has 14 heavy (non-hydrogen) atoms. The Bertz CT molecular complexity index is 372. The SMILES string of the molecule is COc1ccc(C(=O)C2CO2)cc1F. The molecule has 0 aliphatic carbocycles. The summed E-state index contributed by atoms with van der Waals surface area (Å²) in [7, 11) is 1.38. The van der Waals surface area contributed by atoms with Crippen LogP contribution in [0, 0.1) is 5.82 Å². The Kier molecular flexibility index (Phi) is 2.21. The quantitative estimate of drug-likeness (QED) is 0.542. The number of benzene rings is 1. The van der Waals surface area contributed by atoms with Gasteiger partial charge in [0, 0.05) is 5.56 Å². The zero-order chi connectivity index (χ0) is 10.1. The normalized spacial score (nSPS) is 19.1. The van der Waals surface area contributed by atoms with E-state index in [9.17, 15) is 9.18 Å². The standard InChI is InChI=1S/C10H9FO3/c1-13-8-3-2-6(4-7(8)11)10(12)9-5-14-9/h2-4,9H,5H2,1H3. The van der Waals surface area contributed by atoms with Gasteiger partial charge in [0.25, 0.3) is 0 Å². The highest BCUT2D eigenvalue weighted by molar-refractivity contribution is 6.00. The minimum absolute atomic E-state index is 0.137. The molecule has 1 atom stereocenters. The molecule has 1 heterocycles. The molecular formula is C10H9FO3. The monoisotopic (exact) mass is 196 g/mol. The van der Waals surface area contributed by atoms with Gasteiger partial charge in [-0.1, -0.05) is 0 Å². The van der Waals surface area contributed by atoms with Crippen molar-refractivity contribution >= 4 is 5.78 Å². The summed E-state index contributed by atoms with van der Waals surface area (Å²) in [5.74, 6) is -0.566. The summed E-state index contributed by atoms with van der Waals surface area (Å²) < 4.78 is 22.7. The van der Waals surface area contributed by atoms with Gasteiger partial charge in [0.2, 0.25) is 0 Å². The van der Waals surface area contributed by atoms with E-state index < -0.39 is 5.82 Å². The van der Waals surface area contributed by atoms with Crippen LogP contribution in [0.3, 0.4) is 0 Å². The first-order valence-corrected chi connectivity index (χ1v) is 4.21. The largest absolute Gasteiger partial charge is 0.494 e. The van der Waals surface area contributed by atoms with E-state index in [0.29, 0.717) is 12.2 Å². The van der Waals surface area contributed by atoms with Crippen LogP contribution in [0.5, 0.6) is 5.75 Å². The van der Waals surface area contributed by atoms with Crippen molar-refractivity contribution in [1.29, 1.82) is 0 Å². The molecule has 1 aliphatic heterocycles. The number of carbonyl (C=O) groups is 1. The average molecular weight is 196 g/mol. The third kappa shape index (κ3) is 1.61. The minimum Gasteiger partial charge on any atom is -0.494 e. The fourth-order valence-electron chi connectivity index (χ4n) is 1.21. The Labute approximate surface area is 80.4 Å². The molecule has 2 rings (SSSR count). The highest BCUT2D eigenvalue weighted by Crippen LogP contribution is 2.21. The van der Waals surface area contributed by atoms with Gasteiger partial charge in [0.05, 0.1) is 13.7 Å². The van der Waals surface area contributed by atoms with Crippen LogP contribution >= 0.6 is 0 Å². The first-order valence-electron chi connectivity index (χ1n) is 4.21. The first-order chi connectivity index (χ1) is 6.72. The van der Waals surface area contributed by atoms with Crippen LogP contribution in [0.25, 0.3) is 0 Å². The van der Waals surface area contributed by atoms with Gasteiger partial charge < -0.3 is 9.47 Å². The minimum atomic E-state index is -0.529. The van der Waals surface area contributed by atoms with Crippen LogP contribution in [0.1, 0.15) is 10.4 Å². The molecule has 1 fully saturated rings. The molecule has 0 spiro atoms. The second kappa shape index (κ2) is 3.38. The Morgan fingerprint density at radius 1 is 1.64 bits per heavy atom. The number of hydrogen-bond donors (Lipinski definition) is 0. The molecule has 1 aromatic carbocycles. The molecule has 4 heteroatoms. The van der Waals surface area contributed by atoms with Gasteiger partial charge in [-0.3, -0.25) is 4.79 Å². The summed E-state index contributed by atoms with van der Waals surface area (Å²) >= 11 is 0. The van der Waals surface area contributed by atoms with Crippen molar-refractivity contribution < 1.29 is 18.7 Å². The van der Waals surface area contributed by atoms with Gasteiger partial charge >= 0.3 is 0 Å². The van der Waals surface area contributed by atoms with Crippen LogP contribution < -0.4 is 4.74 Å². The Balaban J connectivity index is 2.27. The fourth-order valence-corrected chi connectivity index (χ4v) is 1.21. The van der Waals surface area contributed by atoms with Crippen LogP contribution in [0.15, 0.2) is 18.2 Å². The topological polar surface area (TPSA) is 38.8 Å². The maximum Gasteiger partial charge on any atom is 0.194 e. The summed E-state index contributed by atoms with van der Waals surface area (Å²) in [4.78, 5) is 11.4. The number of carbonyl (C=O) groups excluding carboxylic acids is 1. The third-order valence-electron chi connectivity index (χ3n) is 2.06. The Morgan fingerprint density at radius 3 is 2.86 bits per heavy atom. The van der Waals surface area contributed by atoms with Gasteiger partial charge in [0.1, 0.15) is 6.10 Å². The van der Waals surface area contributed by atoms with Gasteiger partial charge in [-0.05, 0) is 18.2 Å². The number of methoxy groups -OCH3 is 1. The van der Waals surface area contributed by atoms with Crippen LogP contribution in [-0.2, 0) is 4.74 Å². The molecule has 74 valence electrons. The van der Waals surface area contributed by atoms with Gasteiger partial charge in [0.15, 0.2) is 17.3 Å². The number of epoxide rings is 1. The van der Waals surface area contributed by atoms with Crippen LogP contribution in [-0.4, -0.2) is 25.6 Å².